The number of fused-ring (bicyclic) bond motifs is 1. The van der Waals surface area contributed by atoms with Crippen molar-refractivity contribution in [2.24, 2.45) is 4.99 Å². The fraction of sp³-hybridized carbons (Fsp3) is 0.316. The summed E-state index contributed by atoms with van der Waals surface area (Å²) in [6.45, 7) is 4.36. The molecule has 9 heteroatoms. The van der Waals surface area contributed by atoms with Crippen molar-refractivity contribution in [3.63, 3.8) is 0 Å². The van der Waals surface area contributed by atoms with Crippen molar-refractivity contribution in [1.29, 1.82) is 0 Å². The van der Waals surface area contributed by atoms with E-state index in [-0.39, 0.29) is 24.0 Å². The topological polar surface area (TPSA) is 66.6 Å². The van der Waals surface area contributed by atoms with Crippen LogP contribution in [-0.4, -0.2) is 45.9 Å². The summed E-state index contributed by atoms with van der Waals surface area (Å²) in [6.07, 6.45) is 2.72. The van der Waals surface area contributed by atoms with Gasteiger partial charge in [0.05, 0.1) is 0 Å². The van der Waals surface area contributed by atoms with E-state index in [1.165, 1.54) is 4.90 Å². The minimum absolute atomic E-state index is 0. The normalized spacial score (nSPS) is 11.3. The van der Waals surface area contributed by atoms with E-state index >= 15 is 0 Å². The molecule has 28 heavy (non-hydrogen) atoms. The number of pyridine rings is 1. The minimum atomic E-state index is 0. The third-order valence-corrected chi connectivity index (χ3v) is 5.08. The second kappa shape index (κ2) is 12.1. The van der Waals surface area contributed by atoms with E-state index in [2.05, 4.69) is 32.7 Å². The van der Waals surface area contributed by atoms with Gasteiger partial charge in [-0.2, -0.15) is 0 Å². The lowest BCUT2D eigenvalue weighted by Gasteiger charge is -2.11. The number of benzene rings is 1. The van der Waals surface area contributed by atoms with Gasteiger partial charge in [-0.3, -0.25) is 9.39 Å². The zero-order chi connectivity index (χ0) is 18.9. The van der Waals surface area contributed by atoms with Crippen LogP contribution in [0.15, 0.2) is 58.5 Å². The maximum absolute atomic E-state index is 5.91. The summed E-state index contributed by atoms with van der Waals surface area (Å²) in [4.78, 5) is 5.85. The van der Waals surface area contributed by atoms with Crippen molar-refractivity contribution >= 4 is 58.9 Å². The maximum Gasteiger partial charge on any atom is 0.191 e. The van der Waals surface area contributed by atoms with Gasteiger partial charge in [0.25, 0.3) is 0 Å². The first kappa shape index (κ1) is 22.8. The minimum Gasteiger partial charge on any atom is -0.357 e. The molecule has 6 nitrogen and oxygen atoms in total. The third kappa shape index (κ3) is 6.82. The quantitative estimate of drug-likeness (QED) is 0.152. The van der Waals surface area contributed by atoms with Gasteiger partial charge in [0.1, 0.15) is 5.82 Å². The highest BCUT2D eigenvalue weighted by molar-refractivity contribution is 14.0. The van der Waals surface area contributed by atoms with Gasteiger partial charge in [-0.15, -0.1) is 45.9 Å². The highest BCUT2D eigenvalue weighted by Gasteiger charge is 2.04. The van der Waals surface area contributed by atoms with Gasteiger partial charge in [0, 0.05) is 47.9 Å². The van der Waals surface area contributed by atoms with Crippen molar-refractivity contribution in [3.8, 4) is 0 Å². The summed E-state index contributed by atoms with van der Waals surface area (Å²) in [7, 11) is 0. The average molecular weight is 531 g/mol. The van der Waals surface area contributed by atoms with E-state index in [0.29, 0.717) is 6.54 Å². The van der Waals surface area contributed by atoms with Gasteiger partial charge >= 0.3 is 0 Å². The Morgan fingerprint density at radius 2 is 1.96 bits per heavy atom. The first-order chi connectivity index (χ1) is 13.3. The summed E-state index contributed by atoms with van der Waals surface area (Å²) >= 11 is 7.70. The molecule has 150 valence electrons. The second-order valence-electron chi connectivity index (χ2n) is 5.78. The van der Waals surface area contributed by atoms with Crippen LogP contribution in [0, 0.1) is 0 Å². The highest BCUT2D eigenvalue weighted by atomic mass is 127. The molecule has 0 aliphatic rings. The number of hydrogen-bond donors (Lipinski definition) is 2. The highest BCUT2D eigenvalue weighted by Crippen LogP contribution is 2.19. The molecule has 0 saturated heterocycles. The van der Waals surface area contributed by atoms with Crippen molar-refractivity contribution in [2.45, 2.75) is 18.2 Å². The van der Waals surface area contributed by atoms with Gasteiger partial charge in [-0.1, -0.05) is 17.7 Å². The van der Waals surface area contributed by atoms with Crippen LogP contribution in [0.4, 0.5) is 0 Å². The number of aromatic nitrogens is 3. The molecule has 0 saturated carbocycles. The molecule has 0 radical (unpaired) electrons. The monoisotopic (exact) mass is 530 g/mol. The van der Waals surface area contributed by atoms with Crippen LogP contribution >= 0.6 is 47.3 Å². The zero-order valence-corrected chi connectivity index (χ0v) is 19.5. The number of hydrogen-bond acceptors (Lipinski definition) is 4. The van der Waals surface area contributed by atoms with Crippen LogP contribution in [0.5, 0.6) is 0 Å². The molecule has 0 aliphatic carbocycles. The number of nitrogens with one attached hydrogen (secondary N) is 2. The largest absolute Gasteiger partial charge is 0.357 e. The van der Waals surface area contributed by atoms with Gasteiger partial charge in [0.15, 0.2) is 11.6 Å². The molecule has 0 amide bonds. The molecular weight excluding hydrogens is 507 g/mol. The summed E-state index contributed by atoms with van der Waals surface area (Å²) < 4.78 is 2.00. The Morgan fingerprint density at radius 1 is 1.14 bits per heavy atom. The molecular formula is C19H24ClIN6S. The van der Waals surface area contributed by atoms with E-state index in [4.69, 9.17) is 11.6 Å². The molecule has 3 aromatic rings. The number of rotatable bonds is 8. The molecule has 3 rings (SSSR count). The molecule has 2 heterocycles. The van der Waals surface area contributed by atoms with Crippen LogP contribution < -0.4 is 10.6 Å². The average Bonchev–Trinajstić information content (AvgIpc) is 3.10. The van der Waals surface area contributed by atoms with Crippen molar-refractivity contribution in [2.75, 3.05) is 25.4 Å². The molecule has 0 bridgehead atoms. The SMILES string of the molecule is CCNC(=NCCc1nnc2ccccn12)NCCSc1ccc(Cl)cc1.I. The lowest BCUT2D eigenvalue weighted by Crippen LogP contribution is -2.38. The molecule has 1 aromatic carbocycles. The summed E-state index contributed by atoms with van der Waals surface area (Å²) in [6, 6.07) is 13.8. The molecule has 0 atom stereocenters. The molecule has 0 spiro atoms. The zero-order valence-electron chi connectivity index (χ0n) is 15.6. The van der Waals surface area contributed by atoms with Crippen LogP contribution in [0.1, 0.15) is 12.7 Å². The lowest BCUT2D eigenvalue weighted by molar-refractivity contribution is 0.810. The molecule has 0 unspecified atom stereocenters. The van der Waals surface area contributed by atoms with Crippen LogP contribution in [0.2, 0.25) is 5.02 Å². The van der Waals surface area contributed by atoms with E-state index in [1.807, 2.05) is 53.1 Å². The Hall–Kier alpha value is -1.52. The second-order valence-corrected chi connectivity index (χ2v) is 7.39. The van der Waals surface area contributed by atoms with E-state index < -0.39 is 0 Å². The number of guanidine groups is 1. The van der Waals surface area contributed by atoms with E-state index in [0.717, 1.165) is 47.7 Å². The Bertz CT molecular complexity index is 884. The Labute approximate surface area is 191 Å². The van der Waals surface area contributed by atoms with Gasteiger partial charge in [-0.25, -0.2) is 0 Å². The van der Waals surface area contributed by atoms with Gasteiger partial charge in [0.2, 0.25) is 0 Å². The summed E-state index contributed by atoms with van der Waals surface area (Å²) in [5.41, 5.74) is 0.862. The molecule has 2 N–H and O–H groups in total. The standard InChI is InChI=1S/C19H23ClN6S.HI/c1-2-21-19(23-12-14-27-16-8-6-15(20)7-9-16)22-11-10-18-25-24-17-5-3-4-13-26(17)18;/h3-9,13H,2,10-12,14H2,1H3,(H2,21,22,23);1H. The van der Waals surface area contributed by atoms with Gasteiger partial charge < -0.3 is 10.6 Å². The first-order valence-corrected chi connectivity index (χ1v) is 10.3. The number of aliphatic imine (C=N–C) groups is 1. The van der Waals surface area contributed by atoms with E-state index in [9.17, 15) is 0 Å². The van der Waals surface area contributed by atoms with Crippen molar-refractivity contribution in [3.05, 3.63) is 59.5 Å². The Kier molecular flexibility index (Phi) is 9.86. The third-order valence-electron chi connectivity index (χ3n) is 3.81. The van der Waals surface area contributed by atoms with Crippen molar-refractivity contribution < 1.29 is 0 Å². The van der Waals surface area contributed by atoms with E-state index in [1.54, 1.807) is 11.8 Å². The van der Waals surface area contributed by atoms with Gasteiger partial charge in [-0.05, 0) is 43.3 Å². The smallest absolute Gasteiger partial charge is 0.191 e. The maximum atomic E-state index is 5.91. The Balaban J connectivity index is 0.00000280. The van der Waals surface area contributed by atoms with Crippen molar-refractivity contribution in [1.82, 2.24) is 25.2 Å². The molecule has 0 aliphatic heterocycles. The molecule has 0 fully saturated rings. The lowest BCUT2D eigenvalue weighted by atomic mass is 10.4. The summed E-state index contributed by atoms with van der Waals surface area (Å²) in [5.74, 6) is 2.69. The van der Waals surface area contributed by atoms with Crippen LogP contribution in [-0.2, 0) is 6.42 Å². The Morgan fingerprint density at radius 3 is 2.75 bits per heavy atom. The number of thioether (sulfide) groups is 1. The van der Waals surface area contributed by atoms with Crippen LogP contribution in [0.25, 0.3) is 5.65 Å². The first-order valence-electron chi connectivity index (χ1n) is 8.95. The number of halogens is 2. The predicted molar refractivity (Wildman–Crippen MR) is 128 cm³/mol. The van der Waals surface area contributed by atoms with Crippen LogP contribution in [0.3, 0.4) is 0 Å². The fourth-order valence-electron chi connectivity index (χ4n) is 2.54. The number of nitrogens with zero attached hydrogens (tertiary/aromatic N) is 4. The molecule has 2 aromatic heterocycles. The predicted octanol–water partition coefficient (Wildman–Crippen LogP) is 3.89. The fourth-order valence-corrected chi connectivity index (χ4v) is 3.43. The summed E-state index contributed by atoms with van der Waals surface area (Å²) in [5, 5.41) is 15.8.